The van der Waals surface area contributed by atoms with E-state index in [0.717, 1.165) is 6.42 Å². The standard InChI is InChI=1S/C12H17NO3/c1-4-5-12(15)16-10-7-11(14)13-9(10)6-8(2)3/h6-8H,4-5H2,1-3H3,(H,13,14)/b9-6-. The summed E-state index contributed by atoms with van der Waals surface area (Å²) >= 11 is 0. The Morgan fingerprint density at radius 2 is 2.25 bits per heavy atom. The fourth-order valence-electron chi connectivity index (χ4n) is 1.35. The van der Waals surface area contributed by atoms with E-state index in [2.05, 4.69) is 5.32 Å². The molecule has 0 aromatic carbocycles. The highest BCUT2D eigenvalue weighted by Crippen LogP contribution is 2.17. The maximum Gasteiger partial charge on any atom is 0.311 e. The third kappa shape index (κ3) is 3.53. The van der Waals surface area contributed by atoms with Crippen LogP contribution in [0, 0.1) is 5.92 Å². The van der Waals surface area contributed by atoms with Gasteiger partial charge in [0.05, 0.1) is 5.70 Å². The van der Waals surface area contributed by atoms with E-state index in [1.165, 1.54) is 6.08 Å². The number of carbonyl (C=O) groups excluding carboxylic acids is 2. The third-order valence-corrected chi connectivity index (χ3v) is 1.96. The van der Waals surface area contributed by atoms with E-state index in [4.69, 9.17) is 4.74 Å². The van der Waals surface area contributed by atoms with E-state index in [1.54, 1.807) is 0 Å². The monoisotopic (exact) mass is 223 g/mol. The first-order valence-electron chi connectivity index (χ1n) is 5.48. The highest BCUT2D eigenvalue weighted by molar-refractivity contribution is 5.94. The summed E-state index contributed by atoms with van der Waals surface area (Å²) in [4.78, 5) is 22.5. The SMILES string of the molecule is CCCC(=O)OC1=CC(=O)N/C1=C\C(C)C. The molecule has 0 radical (unpaired) electrons. The summed E-state index contributed by atoms with van der Waals surface area (Å²) in [7, 11) is 0. The second kappa shape index (κ2) is 5.49. The fourth-order valence-corrected chi connectivity index (χ4v) is 1.35. The average Bonchev–Trinajstić information content (AvgIpc) is 2.45. The summed E-state index contributed by atoms with van der Waals surface area (Å²) in [5.41, 5.74) is 0.587. The highest BCUT2D eigenvalue weighted by atomic mass is 16.5. The molecule has 1 aliphatic rings. The van der Waals surface area contributed by atoms with Gasteiger partial charge in [0.1, 0.15) is 0 Å². The van der Waals surface area contributed by atoms with E-state index < -0.39 is 0 Å². The van der Waals surface area contributed by atoms with Crippen LogP contribution in [-0.4, -0.2) is 11.9 Å². The number of hydrogen-bond acceptors (Lipinski definition) is 3. The van der Waals surface area contributed by atoms with Crippen LogP contribution in [0.15, 0.2) is 23.6 Å². The minimum Gasteiger partial charge on any atom is -0.424 e. The van der Waals surface area contributed by atoms with E-state index in [0.29, 0.717) is 17.9 Å². The predicted octanol–water partition coefficient (Wildman–Crippen LogP) is 1.88. The van der Waals surface area contributed by atoms with Crippen molar-refractivity contribution in [3.05, 3.63) is 23.6 Å². The van der Waals surface area contributed by atoms with Gasteiger partial charge in [0.15, 0.2) is 5.76 Å². The smallest absolute Gasteiger partial charge is 0.311 e. The van der Waals surface area contributed by atoms with Crippen molar-refractivity contribution >= 4 is 11.9 Å². The average molecular weight is 223 g/mol. The van der Waals surface area contributed by atoms with Crippen molar-refractivity contribution in [3.63, 3.8) is 0 Å². The number of esters is 1. The summed E-state index contributed by atoms with van der Waals surface area (Å²) in [6, 6.07) is 0. The van der Waals surface area contributed by atoms with Crippen LogP contribution >= 0.6 is 0 Å². The Morgan fingerprint density at radius 1 is 1.56 bits per heavy atom. The molecule has 1 N–H and O–H groups in total. The van der Waals surface area contributed by atoms with Gasteiger partial charge >= 0.3 is 5.97 Å². The van der Waals surface area contributed by atoms with Crippen molar-refractivity contribution in [1.82, 2.24) is 5.32 Å². The van der Waals surface area contributed by atoms with Gasteiger partial charge in [-0.25, -0.2) is 0 Å². The van der Waals surface area contributed by atoms with E-state index in [1.807, 2.05) is 26.8 Å². The third-order valence-electron chi connectivity index (χ3n) is 1.96. The Hall–Kier alpha value is -1.58. The molecule has 88 valence electrons. The van der Waals surface area contributed by atoms with Crippen molar-refractivity contribution in [3.8, 4) is 0 Å². The molecule has 0 aromatic heterocycles. The number of ether oxygens (including phenoxy) is 1. The lowest BCUT2D eigenvalue weighted by Gasteiger charge is -2.07. The van der Waals surface area contributed by atoms with Crippen LogP contribution in [0.1, 0.15) is 33.6 Å². The molecule has 4 heteroatoms. The number of carbonyl (C=O) groups is 2. The van der Waals surface area contributed by atoms with Crippen molar-refractivity contribution < 1.29 is 14.3 Å². The van der Waals surface area contributed by atoms with Gasteiger partial charge in [-0.2, -0.15) is 0 Å². The molecule has 0 saturated heterocycles. The van der Waals surface area contributed by atoms with Gasteiger partial charge in [0.2, 0.25) is 0 Å². The lowest BCUT2D eigenvalue weighted by Crippen LogP contribution is -2.15. The van der Waals surface area contributed by atoms with Crippen LogP contribution in [0.3, 0.4) is 0 Å². The first kappa shape index (κ1) is 12.5. The number of rotatable bonds is 4. The number of amides is 1. The molecule has 0 unspecified atom stereocenters. The van der Waals surface area contributed by atoms with Crippen molar-refractivity contribution in [2.45, 2.75) is 33.6 Å². The molecule has 0 aromatic rings. The van der Waals surface area contributed by atoms with Crippen LogP contribution in [0.4, 0.5) is 0 Å². The summed E-state index contributed by atoms with van der Waals surface area (Å²) < 4.78 is 5.11. The lowest BCUT2D eigenvalue weighted by atomic mass is 10.2. The van der Waals surface area contributed by atoms with E-state index >= 15 is 0 Å². The minimum atomic E-state index is -0.306. The van der Waals surface area contributed by atoms with Gasteiger partial charge in [-0.3, -0.25) is 9.59 Å². The molecule has 1 amide bonds. The summed E-state index contributed by atoms with van der Waals surface area (Å²) in [5, 5.41) is 2.64. The number of hydrogen-bond donors (Lipinski definition) is 1. The second-order valence-electron chi connectivity index (χ2n) is 4.05. The van der Waals surface area contributed by atoms with Crippen LogP contribution in [0.2, 0.25) is 0 Å². The van der Waals surface area contributed by atoms with Crippen LogP contribution < -0.4 is 5.32 Å². The molecular weight excluding hydrogens is 206 g/mol. The highest BCUT2D eigenvalue weighted by Gasteiger charge is 2.21. The van der Waals surface area contributed by atoms with Gasteiger partial charge in [0, 0.05) is 12.5 Å². The van der Waals surface area contributed by atoms with Crippen LogP contribution in [-0.2, 0) is 14.3 Å². The van der Waals surface area contributed by atoms with Gasteiger partial charge < -0.3 is 10.1 Å². The first-order valence-corrected chi connectivity index (χ1v) is 5.48. The summed E-state index contributed by atoms with van der Waals surface area (Å²) in [5.74, 6) is 0.0601. The molecule has 0 spiro atoms. The van der Waals surface area contributed by atoms with Crippen molar-refractivity contribution in [2.75, 3.05) is 0 Å². The maximum atomic E-state index is 11.3. The molecule has 1 heterocycles. The van der Waals surface area contributed by atoms with Gasteiger partial charge in [-0.05, 0) is 12.3 Å². The van der Waals surface area contributed by atoms with Gasteiger partial charge in [-0.1, -0.05) is 26.8 Å². The predicted molar refractivity (Wildman–Crippen MR) is 60.1 cm³/mol. The van der Waals surface area contributed by atoms with E-state index in [-0.39, 0.29) is 17.8 Å². The van der Waals surface area contributed by atoms with Crippen molar-refractivity contribution in [2.24, 2.45) is 5.92 Å². The maximum absolute atomic E-state index is 11.3. The molecule has 1 rings (SSSR count). The molecule has 16 heavy (non-hydrogen) atoms. The molecule has 4 nitrogen and oxygen atoms in total. The van der Waals surface area contributed by atoms with Crippen LogP contribution in [0.25, 0.3) is 0 Å². The topological polar surface area (TPSA) is 55.4 Å². The normalized spacial score (nSPS) is 17.6. The molecule has 0 saturated carbocycles. The van der Waals surface area contributed by atoms with Crippen molar-refractivity contribution in [1.29, 1.82) is 0 Å². The Kier molecular flexibility index (Phi) is 4.28. The van der Waals surface area contributed by atoms with Gasteiger partial charge in [0.25, 0.3) is 5.91 Å². The minimum absolute atomic E-state index is 0.244. The molecular formula is C12H17NO3. The molecule has 0 fully saturated rings. The Morgan fingerprint density at radius 3 is 2.81 bits per heavy atom. The number of allylic oxidation sites excluding steroid dienone is 1. The number of nitrogens with one attached hydrogen (secondary N) is 1. The fraction of sp³-hybridized carbons (Fsp3) is 0.500. The Labute approximate surface area is 95.4 Å². The zero-order chi connectivity index (χ0) is 12.1. The zero-order valence-electron chi connectivity index (χ0n) is 9.87. The molecule has 1 aliphatic heterocycles. The summed E-state index contributed by atoms with van der Waals surface area (Å²) in [6.45, 7) is 5.88. The summed E-state index contributed by atoms with van der Waals surface area (Å²) in [6.07, 6.45) is 4.26. The molecule has 0 aliphatic carbocycles. The lowest BCUT2D eigenvalue weighted by molar-refractivity contribution is -0.139. The van der Waals surface area contributed by atoms with E-state index in [9.17, 15) is 9.59 Å². The molecule has 0 atom stereocenters. The first-order chi connectivity index (χ1) is 7.52. The van der Waals surface area contributed by atoms with Crippen LogP contribution in [0.5, 0.6) is 0 Å². The Balaban J connectivity index is 2.72. The largest absolute Gasteiger partial charge is 0.424 e. The zero-order valence-corrected chi connectivity index (χ0v) is 9.87. The second-order valence-corrected chi connectivity index (χ2v) is 4.05. The Bertz CT molecular complexity index is 353. The quantitative estimate of drug-likeness (QED) is 0.740. The van der Waals surface area contributed by atoms with Gasteiger partial charge in [-0.15, -0.1) is 0 Å². The molecule has 0 bridgehead atoms.